The van der Waals surface area contributed by atoms with Gasteiger partial charge in [0.15, 0.2) is 0 Å². The Morgan fingerprint density at radius 1 is 1.28 bits per heavy atom. The van der Waals surface area contributed by atoms with Gasteiger partial charge in [-0.05, 0) is 67.9 Å². The zero-order valence-corrected chi connectivity index (χ0v) is 15.2. The topological polar surface area (TPSA) is 64.6 Å². The van der Waals surface area contributed by atoms with Crippen molar-refractivity contribution in [2.45, 2.75) is 38.3 Å². The summed E-state index contributed by atoms with van der Waals surface area (Å²) in [5.41, 5.74) is 0.715. The maximum atomic E-state index is 13.0. The zero-order chi connectivity index (χ0) is 17.4. The van der Waals surface area contributed by atoms with Crippen LogP contribution in [0.4, 0.5) is 0 Å². The standard InChI is InChI=1S/C18H21N3O3S/c1-11-17(25-20-19-11)18(22)21-13-4-3-12(9-13)16(21)10-24-15-7-5-14(23-2)6-8-15/h5-8,12-13,16H,3-4,9-10H2,1-2H3/t12-,13+,16-/m0/s1. The number of rotatable bonds is 5. The summed E-state index contributed by atoms with van der Waals surface area (Å²) in [6.07, 6.45) is 3.33. The van der Waals surface area contributed by atoms with Gasteiger partial charge in [-0.3, -0.25) is 4.79 Å². The number of methoxy groups -OCH3 is 1. The first-order valence-electron chi connectivity index (χ1n) is 8.56. The number of carbonyl (C=O) groups is 1. The maximum absolute atomic E-state index is 13.0. The largest absolute Gasteiger partial charge is 0.497 e. The van der Waals surface area contributed by atoms with Crippen molar-refractivity contribution in [2.24, 2.45) is 5.92 Å². The van der Waals surface area contributed by atoms with Gasteiger partial charge in [0.05, 0.1) is 18.8 Å². The van der Waals surface area contributed by atoms with Crippen LogP contribution in [-0.2, 0) is 0 Å². The zero-order valence-electron chi connectivity index (χ0n) is 14.3. The van der Waals surface area contributed by atoms with E-state index < -0.39 is 0 Å². The highest BCUT2D eigenvalue weighted by Crippen LogP contribution is 2.43. The molecule has 132 valence electrons. The normalized spacial score (nSPS) is 24.6. The average molecular weight is 359 g/mol. The van der Waals surface area contributed by atoms with E-state index in [2.05, 4.69) is 9.59 Å². The van der Waals surface area contributed by atoms with E-state index in [-0.39, 0.29) is 11.9 Å². The molecule has 2 fully saturated rings. The van der Waals surface area contributed by atoms with E-state index in [1.807, 2.05) is 36.1 Å². The number of carbonyl (C=O) groups excluding carboxylic acids is 1. The molecule has 1 aromatic heterocycles. The Labute approximate surface area is 150 Å². The Morgan fingerprint density at radius 3 is 2.72 bits per heavy atom. The lowest BCUT2D eigenvalue weighted by Gasteiger charge is -2.35. The van der Waals surface area contributed by atoms with Gasteiger partial charge in [0, 0.05) is 6.04 Å². The minimum atomic E-state index is 0.0584. The molecule has 2 aliphatic rings. The van der Waals surface area contributed by atoms with Crippen molar-refractivity contribution in [3.05, 3.63) is 34.8 Å². The summed E-state index contributed by atoms with van der Waals surface area (Å²) in [6.45, 7) is 2.36. The number of nitrogens with zero attached hydrogens (tertiary/aromatic N) is 3. The smallest absolute Gasteiger partial charge is 0.268 e. The van der Waals surface area contributed by atoms with Crippen LogP contribution >= 0.6 is 11.5 Å². The third kappa shape index (κ3) is 2.97. The highest BCUT2D eigenvalue weighted by Gasteiger charge is 2.49. The number of likely N-dealkylation sites (tertiary alicyclic amines) is 1. The number of hydrogen-bond donors (Lipinski definition) is 0. The van der Waals surface area contributed by atoms with E-state index >= 15 is 0 Å². The number of fused-ring (bicyclic) bond motifs is 2. The van der Waals surface area contributed by atoms with E-state index in [0.717, 1.165) is 24.3 Å². The molecule has 0 radical (unpaired) electrons. The van der Waals surface area contributed by atoms with E-state index in [9.17, 15) is 4.79 Å². The lowest BCUT2D eigenvalue weighted by atomic mass is 9.99. The Hall–Kier alpha value is -2.15. The fourth-order valence-electron chi connectivity index (χ4n) is 4.02. The minimum absolute atomic E-state index is 0.0584. The van der Waals surface area contributed by atoms with Crippen molar-refractivity contribution in [3.8, 4) is 11.5 Å². The molecule has 1 saturated carbocycles. The molecule has 1 aromatic carbocycles. The van der Waals surface area contributed by atoms with Crippen molar-refractivity contribution in [1.29, 1.82) is 0 Å². The van der Waals surface area contributed by atoms with Gasteiger partial charge in [0.25, 0.3) is 5.91 Å². The second-order valence-electron chi connectivity index (χ2n) is 6.68. The molecule has 1 saturated heterocycles. The van der Waals surface area contributed by atoms with Crippen LogP contribution in [-0.4, -0.2) is 46.2 Å². The number of hydrogen-bond acceptors (Lipinski definition) is 6. The number of amides is 1. The number of benzene rings is 1. The third-order valence-corrected chi connectivity index (χ3v) is 6.12. The van der Waals surface area contributed by atoms with E-state index in [1.54, 1.807) is 7.11 Å². The molecule has 0 N–H and O–H groups in total. The van der Waals surface area contributed by atoms with Crippen molar-refractivity contribution < 1.29 is 14.3 Å². The van der Waals surface area contributed by atoms with Gasteiger partial charge >= 0.3 is 0 Å². The highest BCUT2D eigenvalue weighted by atomic mass is 32.1. The first kappa shape index (κ1) is 16.3. The molecule has 1 aliphatic heterocycles. The fraction of sp³-hybridized carbons (Fsp3) is 0.500. The predicted molar refractivity (Wildman–Crippen MR) is 94.2 cm³/mol. The Kier molecular flexibility index (Phi) is 4.33. The summed E-state index contributed by atoms with van der Waals surface area (Å²) in [7, 11) is 1.64. The molecule has 4 rings (SSSR count). The fourth-order valence-corrected chi connectivity index (χ4v) is 4.62. The first-order valence-corrected chi connectivity index (χ1v) is 9.33. The molecule has 3 atom stereocenters. The van der Waals surface area contributed by atoms with Gasteiger partial charge in [0.1, 0.15) is 23.0 Å². The van der Waals surface area contributed by atoms with Crippen LogP contribution in [0, 0.1) is 12.8 Å². The summed E-state index contributed by atoms with van der Waals surface area (Å²) in [5.74, 6) is 2.18. The van der Waals surface area contributed by atoms with Gasteiger partial charge in [-0.2, -0.15) is 0 Å². The molecule has 0 spiro atoms. The summed E-state index contributed by atoms with van der Waals surface area (Å²) in [6, 6.07) is 8.00. The first-order chi connectivity index (χ1) is 12.2. The molecule has 7 heteroatoms. The van der Waals surface area contributed by atoms with Crippen LogP contribution in [0.15, 0.2) is 24.3 Å². The minimum Gasteiger partial charge on any atom is -0.497 e. The molecule has 0 unspecified atom stereocenters. The van der Waals surface area contributed by atoms with Crippen LogP contribution in [0.2, 0.25) is 0 Å². The third-order valence-electron chi connectivity index (χ3n) is 5.30. The molecular weight excluding hydrogens is 338 g/mol. The second kappa shape index (κ2) is 6.63. The Balaban J connectivity index is 1.49. The van der Waals surface area contributed by atoms with Crippen LogP contribution in [0.3, 0.4) is 0 Å². The molecule has 6 nitrogen and oxygen atoms in total. The molecular formula is C18H21N3O3S. The second-order valence-corrected chi connectivity index (χ2v) is 7.43. The van der Waals surface area contributed by atoms with Gasteiger partial charge < -0.3 is 14.4 Å². The van der Waals surface area contributed by atoms with Crippen LogP contribution in [0.5, 0.6) is 11.5 Å². The summed E-state index contributed by atoms with van der Waals surface area (Å²) in [5, 5.41) is 3.98. The van der Waals surface area contributed by atoms with Crippen LogP contribution < -0.4 is 9.47 Å². The van der Waals surface area contributed by atoms with E-state index in [1.165, 1.54) is 18.0 Å². The number of aryl methyl sites for hydroxylation is 1. The molecule has 25 heavy (non-hydrogen) atoms. The van der Waals surface area contributed by atoms with Gasteiger partial charge in [-0.1, -0.05) is 4.49 Å². The quantitative estimate of drug-likeness (QED) is 0.821. The van der Waals surface area contributed by atoms with Crippen molar-refractivity contribution >= 4 is 17.4 Å². The van der Waals surface area contributed by atoms with Crippen molar-refractivity contribution in [1.82, 2.24) is 14.5 Å². The van der Waals surface area contributed by atoms with Crippen LogP contribution in [0.1, 0.15) is 34.6 Å². The molecule has 2 heterocycles. The summed E-state index contributed by atoms with van der Waals surface area (Å²) < 4.78 is 15.1. The molecule has 2 bridgehead atoms. The van der Waals surface area contributed by atoms with E-state index in [0.29, 0.717) is 29.1 Å². The molecule has 2 aromatic rings. The van der Waals surface area contributed by atoms with Gasteiger partial charge in [-0.15, -0.1) is 5.10 Å². The summed E-state index contributed by atoms with van der Waals surface area (Å²) in [4.78, 5) is 15.7. The maximum Gasteiger partial charge on any atom is 0.268 e. The molecule has 1 aliphatic carbocycles. The lowest BCUT2D eigenvalue weighted by molar-refractivity contribution is 0.0509. The lowest BCUT2D eigenvalue weighted by Crippen LogP contribution is -2.47. The van der Waals surface area contributed by atoms with Gasteiger partial charge in [-0.25, -0.2) is 0 Å². The highest BCUT2D eigenvalue weighted by molar-refractivity contribution is 7.07. The SMILES string of the molecule is COc1ccc(OC[C@H]2[C@H]3CC[C@H](C3)N2C(=O)c2snnc2C)cc1. The Morgan fingerprint density at radius 2 is 2.04 bits per heavy atom. The predicted octanol–water partition coefficient (Wildman–Crippen LogP) is 2.93. The van der Waals surface area contributed by atoms with Crippen LogP contribution in [0.25, 0.3) is 0 Å². The Bertz CT molecular complexity index is 761. The van der Waals surface area contributed by atoms with Gasteiger partial charge in [0.2, 0.25) is 0 Å². The monoisotopic (exact) mass is 359 g/mol. The molecule has 1 amide bonds. The van der Waals surface area contributed by atoms with E-state index in [4.69, 9.17) is 9.47 Å². The number of ether oxygens (including phenoxy) is 2. The number of aromatic nitrogens is 2. The average Bonchev–Trinajstić information content (AvgIpc) is 3.35. The van der Waals surface area contributed by atoms with Crippen molar-refractivity contribution in [3.63, 3.8) is 0 Å². The van der Waals surface area contributed by atoms with Crippen molar-refractivity contribution in [2.75, 3.05) is 13.7 Å². The summed E-state index contributed by atoms with van der Waals surface area (Å²) >= 11 is 1.19. The number of piperidine rings is 1.